The second kappa shape index (κ2) is 63.6. The zero-order chi connectivity index (χ0) is 53.6. The zero-order valence-electron chi connectivity index (χ0n) is 49.8. The van der Waals surface area contributed by atoms with Crippen LogP contribution in [0, 0.1) is 0 Å². The number of rotatable bonds is 62. The molecule has 6 nitrogen and oxygen atoms in total. The molecule has 0 bridgehead atoms. The molecule has 0 aliphatic rings. The number of nitrogens with one attached hydrogen (secondary N) is 1. The first-order valence-electron chi connectivity index (χ1n) is 33.3. The van der Waals surface area contributed by atoms with E-state index in [1.807, 2.05) is 6.08 Å². The molecule has 0 aliphatic heterocycles. The molecule has 1 amide bonds. The molecule has 0 saturated carbocycles. The van der Waals surface area contributed by atoms with Gasteiger partial charge in [-0.3, -0.25) is 9.59 Å². The van der Waals surface area contributed by atoms with Crippen molar-refractivity contribution >= 4 is 11.9 Å². The SMILES string of the molecule is CCCCC/C=C\C/C=C\CCCCCCCCCCCC(=O)OCCCCCCCCCCCCCCCCCCCCCCCCCCCCCC(=O)NC(CO)C(O)/C=C/CCCCCCCCCCC. The van der Waals surface area contributed by atoms with Gasteiger partial charge in [0.15, 0.2) is 0 Å². The van der Waals surface area contributed by atoms with Crippen LogP contribution in [0.4, 0.5) is 0 Å². The summed E-state index contributed by atoms with van der Waals surface area (Å²) in [6.07, 6.45) is 80.7. The van der Waals surface area contributed by atoms with Crippen LogP contribution < -0.4 is 5.32 Å². The molecule has 0 aromatic carbocycles. The summed E-state index contributed by atoms with van der Waals surface area (Å²) >= 11 is 0. The number of unbranched alkanes of at least 4 members (excludes halogenated alkanes) is 47. The number of aliphatic hydroxyl groups is 2. The van der Waals surface area contributed by atoms with Crippen molar-refractivity contribution in [2.45, 2.75) is 373 Å². The molecule has 3 N–H and O–H groups in total. The minimum atomic E-state index is -0.841. The molecule has 6 heteroatoms. The highest BCUT2D eigenvalue weighted by molar-refractivity contribution is 5.76. The van der Waals surface area contributed by atoms with Gasteiger partial charge in [-0.25, -0.2) is 0 Å². The number of amides is 1. The van der Waals surface area contributed by atoms with Gasteiger partial charge in [-0.1, -0.05) is 320 Å². The summed E-state index contributed by atoms with van der Waals surface area (Å²) in [7, 11) is 0. The Morgan fingerprint density at radius 2 is 0.676 bits per heavy atom. The van der Waals surface area contributed by atoms with Crippen molar-refractivity contribution in [3.8, 4) is 0 Å². The molecule has 0 radical (unpaired) electrons. The standard InChI is InChI=1S/C68H129NO5/c1-3-5-7-9-11-13-15-16-17-18-28-32-35-38-42-46-50-54-58-62-68(73)74-63-59-55-51-47-43-39-36-33-30-27-25-23-21-19-20-22-24-26-29-31-34-37-41-45-49-53-57-61-67(72)69-65(64-70)66(71)60-56-52-48-44-40-14-12-10-8-6-4-2/h11,13,16-17,56,60,65-66,70-71H,3-10,12,14-15,18-55,57-59,61-64H2,1-2H3,(H,69,72)/b13-11-,17-16-,60-56+. The van der Waals surface area contributed by atoms with Crippen LogP contribution in [-0.2, 0) is 14.3 Å². The summed E-state index contributed by atoms with van der Waals surface area (Å²) in [5.41, 5.74) is 0. The fourth-order valence-electron chi connectivity index (χ4n) is 10.3. The van der Waals surface area contributed by atoms with E-state index in [0.717, 1.165) is 51.4 Å². The lowest BCUT2D eigenvalue weighted by molar-refractivity contribution is -0.143. The number of ether oxygens (including phenoxy) is 1. The second-order valence-corrected chi connectivity index (χ2v) is 22.8. The van der Waals surface area contributed by atoms with Gasteiger partial charge in [0, 0.05) is 12.8 Å². The molecule has 436 valence electrons. The average Bonchev–Trinajstić information content (AvgIpc) is 3.40. The van der Waals surface area contributed by atoms with Gasteiger partial charge < -0.3 is 20.3 Å². The lowest BCUT2D eigenvalue weighted by Crippen LogP contribution is -2.45. The Hall–Kier alpha value is -1.92. The van der Waals surface area contributed by atoms with Gasteiger partial charge in [-0.05, 0) is 64.2 Å². The minimum Gasteiger partial charge on any atom is -0.466 e. The van der Waals surface area contributed by atoms with Crippen LogP contribution in [0.2, 0.25) is 0 Å². The smallest absolute Gasteiger partial charge is 0.305 e. The van der Waals surface area contributed by atoms with Crippen molar-refractivity contribution in [1.29, 1.82) is 0 Å². The van der Waals surface area contributed by atoms with Gasteiger partial charge in [-0.15, -0.1) is 0 Å². The Morgan fingerprint density at radius 1 is 0.378 bits per heavy atom. The van der Waals surface area contributed by atoms with E-state index < -0.39 is 12.1 Å². The summed E-state index contributed by atoms with van der Waals surface area (Å²) in [6, 6.07) is -0.624. The number of aliphatic hydroxyl groups excluding tert-OH is 2. The molecule has 0 rings (SSSR count). The van der Waals surface area contributed by atoms with Crippen LogP contribution in [0.25, 0.3) is 0 Å². The molecule has 0 aromatic heterocycles. The lowest BCUT2D eigenvalue weighted by Gasteiger charge is -2.20. The maximum Gasteiger partial charge on any atom is 0.305 e. The van der Waals surface area contributed by atoms with Gasteiger partial charge in [0.1, 0.15) is 0 Å². The summed E-state index contributed by atoms with van der Waals surface area (Å²) in [5, 5.41) is 23.0. The molecule has 0 fully saturated rings. The number of carbonyl (C=O) groups is 2. The lowest BCUT2D eigenvalue weighted by atomic mass is 10.0. The molecule has 0 aliphatic carbocycles. The van der Waals surface area contributed by atoms with Gasteiger partial charge >= 0.3 is 5.97 Å². The first kappa shape index (κ1) is 72.1. The zero-order valence-corrected chi connectivity index (χ0v) is 49.8. The monoisotopic (exact) mass is 1040 g/mol. The summed E-state index contributed by atoms with van der Waals surface area (Å²) in [4.78, 5) is 24.5. The minimum absolute atomic E-state index is 0.0140. The number of allylic oxidation sites excluding steroid dienone is 5. The van der Waals surface area contributed by atoms with E-state index in [1.54, 1.807) is 6.08 Å². The van der Waals surface area contributed by atoms with E-state index in [0.29, 0.717) is 19.4 Å². The van der Waals surface area contributed by atoms with Gasteiger partial charge in [0.25, 0.3) is 0 Å². The van der Waals surface area contributed by atoms with Crippen LogP contribution >= 0.6 is 0 Å². The van der Waals surface area contributed by atoms with Crippen LogP contribution in [-0.4, -0.2) is 47.4 Å². The van der Waals surface area contributed by atoms with E-state index in [9.17, 15) is 19.8 Å². The van der Waals surface area contributed by atoms with Crippen molar-refractivity contribution in [1.82, 2.24) is 5.32 Å². The van der Waals surface area contributed by atoms with Gasteiger partial charge in [0.05, 0.1) is 25.4 Å². The Labute approximate surface area is 462 Å². The number of hydrogen-bond donors (Lipinski definition) is 3. The molecule has 2 unspecified atom stereocenters. The second-order valence-electron chi connectivity index (χ2n) is 22.8. The first-order valence-corrected chi connectivity index (χ1v) is 33.3. The van der Waals surface area contributed by atoms with Crippen molar-refractivity contribution in [3.05, 3.63) is 36.5 Å². The maximum absolute atomic E-state index is 12.4. The molecular weight excluding hydrogens is 911 g/mol. The Bertz CT molecular complexity index is 1200. The van der Waals surface area contributed by atoms with Crippen LogP contribution in [0.3, 0.4) is 0 Å². The predicted molar refractivity (Wildman–Crippen MR) is 324 cm³/mol. The van der Waals surface area contributed by atoms with Crippen molar-refractivity contribution in [2.75, 3.05) is 13.2 Å². The highest BCUT2D eigenvalue weighted by atomic mass is 16.5. The average molecular weight is 1040 g/mol. The van der Waals surface area contributed by atoms with Crippen LogP contribution in [0.15, 0.2) is 36.5 Å². The molecule has 0 aromatic rings. The normalized spacial score (nSPS) is 12.8. The molecule has 0 saturated heterocycles. The van der Waals surface area contributed by atoms with Crippen molar-refractivity contribution < 1.29 is 24.5 Å². The van der Waals surface area contributed by atoms with E-state index in [1.165, 1.54) is 283 Å². The fourth-order valence-corrected chi connectivity index (χ4v) is 10.3. The molecular formula is C68H129NO5. The third kappa shape index (κ3) is 59.3. The van der Waals surface area contributed by atoms with Gasteiger partial charge in [-0.2, -0.15) is 0 Å². The molecule has 0 heterocycles. The highest BCUT2D eigenvalue weighted by Crippen LogP contribution is 2.18. The van der Waals surface area contributed by atoms with E-state index >= 15 is 0 Å². The third-order valence-corrected chi connectivity index (χ3v) is 15.4. The van der Waals surface area contributed by atoms with Crippen LogP contribution in [0.1, 0.15) is 361 Å². The molecule has 2 atom stereocenters. The van der Waals surface area contributed by atoms with Crippen molar-refractivity contribution in [3.63, 3.8) is 0 Å². The quantitative estimate of drug-likeness (QED) is 0.0320. The molecule has 74 heavy (non-hydrogen) atoms. The van der Waals surface area contributed by atoms with Crippen LogP contribution in [0.5, 0.6) is 0 Å². The summed E-state index contributed by atoms with van der Waals surface area (Å²) in [5.74, 6) is -0.0515. The van der Waals surface area contributed by atoms with Gasteiger partial charge in [0.2, 0.25) is 5.91 Å². The number of hydrogen-bond acceptors (Lipinski definition) is 5. The Balaban J connectivity index is 3.33. The topological polar surface area (TPSA) is 95.9 Å². The Kier molecular flexibility index (Phi) is 62.0. The fraction of sp³-hybridized carbons (Fsp3) is 0.882. The molecule has 0 spiro atoms. The Morgan fingerprint density at radius 3 is 1.05 bits per heavy atom. The largest absolute Gasteiger partial charge is 0.466 e. The summed E-state index contributed by atoms with van der Waals surface area (Å²) in [6.45, 7) is 4.89. The number of carbonyl (C=O) groups excluding carboxylic acids is 2. The van der Waals surface area contributed by atoms with E-state index in [4.69, 9.17) is 4.74 Å². The van der Waals surface area contributed by atoms with E-state index in [2.05, 4.69) is 43.5 Å². The third-order valence-electron chi connectivity index (χ3n) is 15.4. The highest BCUT2D eigenvalue weighted by Gasteiger charge is 2.18. The number of esters is 1. The first-order chi connectivity index (χ1) is 36.5. The van der Waals surface area contributed by atoms with Crippen molar-refractivity contribution in [2.24, 2.45) is 0 Å². The van der Waals surface area contributed by atoms with E-state index in [-0.39, 0.29) is 18.5 Å². The maximum atomic E-state index is 12.4. The predicted octanol–water partition coefficient (Wildman–Crippen LogP) is 21.1. The summed E-state index contributed by atoms with van der Waals surface area (Å²) < 4.78 is 5.51.